The van der Waals surface area contributed by atoms with Gasteiger partial charge in [-0.3, -0.25) is 5.73 Å². The minimum atomic E-state index is 0.351. The van der Waals surface area contributed by atoms with Gasteiger partial charge in [0, 0.05) is 13.7 Å². The van der Waals surface area contributed by atoms with Crippen LogP contribution < -0.4 is 5.73 Å². The van der Waals surface area contributed by atoms with Crippen LogP contribution in [0.2, 0.25) is 0 Å². The number of hydrogen-bond acceptors (Lipinski definition) is 1. The van der Waals surface area contributed by atoms with Gasteiger partial charge in [-0.05, 0) is 0 Å². The van der Waals surface area contributed by atoms with Gasteiger partial charge >= 0.3 is 0 Å². The van der Waals surface area contributed by atoms with Crippen molar-refractivity contribution in [2.45, 2.75) is 0 Å². The van der Waals surface area contributed by atoms with Gasteiger partial charge in [-0.1, -0.05) is 12.2 Å². The van der Waals surface area contributed by atoms with Gasteiger partial charge in [-0.15, -0.1) is 0 Å². The Kier molecular flexibility index (Phi) is 5.39. The van der Waals surface area contributed by atoms with E-state index >= 15 is 0 Å². The molecule has 0 unspecified atom stereocenters. The van der Waals surface area contributed by atoms with Crippen LogP contribution in [0.5, 0.6) is 0 Å². The van der Waals surface area contributed by atoms with E-state index in [1.807, 2.05) is 6.08 Å². The van der Waals surface area contributed by atoms with Crippen molar-refractivity contribution in [2.24, 2.45) is 0 Å². The summed E-state index contributed by atoms with van der Waals surface area (Å²) in [7, 11) is 1.63. The van der Waals surface area contributed by atoms with Gasteiger partial charge in [0.2, 0.25) is 0 Å². The third-order valence-electron chi connectivity index (χ3n) is 0.547. The van der Waals surface area contributed by atoms with Gasteiger partial charge in [-0.25, -0.2) is 0 Å². The maximum atomic E-state index is 6.64. The average Bonchev–Trinajstić information content (AvgIpc) is 1.69. The first-order valence-corrected chi connectivity index (χ1v) is 2.20. The van der Waals surface area contributed by atoms with Crippen LogP contribution in [0.25, 0.3) is 0 Å². The van der Waals surface area contributed by atoms with Crippen molar-refractivity contribution in [1.82, 2.24) is 5.73 Å². The number of ether oxygens (including phenoxy) is 1. The van der Waals surface area contributed by atoms with Gasteiger partial charge in [0.15, 0.2) is 0 Å². The largest absolute Gasteiger partial charge is 0.381 e. The topological polar surface area (TPSA) is 33.0 Å². The molecule has 1 radical (unpaired) electrons. The quantitative estimate of drug-likeness (QED) is 0.474. The van der Waals surface area contributed by atoms with Crippen LogP contribution >= 0.6 is 0 Å². The molecule has 0 fully saturated rings. The Morgan fingerprint density at radius 3 is 2.71 bits per heavy atom. The van der Waals surface area contributed by atoms with E-state index in [2.05, 4.69) is 4.74 Å². The molecule has 0 heterocycles. The molecule has 0 aliphatic carbocycles. The fraction of sp³-hybridized carbons (Fsp3) is 0.600. The molecule has 2 heteroatoms. The summed E-state index contributed by atoms with van der Waals surface area (Å²) in [6, 6.07) is 0. The molecule has 7 heavy (non-hydrogen) atoms. The van der Waals surface area contributed by atoms with E-state index in [0.29, 0.717) is 13.2 Å². The molecular weight excluding hydrogens is 90.1 g/mol. The first-order valence-electron chi connectivity index (χ1n) is 2.20. The van der Waals surface area contributed by atoms with Crippen LogP contribution in [-0.2, 0) is 4.74 Å². The molecule has 0 aromatic carbocycles. The van der Waals surface area contributed by atoms with Gasteiger partial charge < -0.3 is 4.74 Å². The SMILES string of the molecule is COCC=CC[NH]. The standard InChI is InChI=1S/C5H10NO/c1-7-5-3-2-4-6/h2-3,6H,4-5H2,1H3. The second-order valence-electron chi connectivity index (χ2n) is 1.13. The Labute approximate surface area is 44.0 Å². The Hall–Kier alpha value is -0.340. The smallest absolute Gasteiger partial charge is 0.0644 e. The third kappa shape index (κ3) is 5.66. The monoisotopic (exact) mass is 100 g/mol. The highest BCUT2D eigenvalue weighted by molar-refractivity contribution is 4.81. The molecule has 0 atom stereocenters. The zero-order valence-corrected chi connectivity index (χ0v) is 4.48. The van der Waals surface area contributed by atoms with Crippen LogP contribution in [0.1, 0.15) is 0 Å². The van der Waals surface area contributed by atoms with Crippen molar-refractivity contribution >= 4 is 0 Å². The maximum absolute atomic E-state index is 6.64. The summed E-state index contributed by atoms with van der Waals surface area (Å²) in [5.74, 6) is 0. The van der Waals surface area contributed by atoms with E-state index in [0.717, 1.165) is 0 Å². The predicted molar refractivity (Wildman–Crippen MR) is 29.0 cm³/mol. The lowest BCUT2D eigenvalue weighted by Gasteiger charge is -1.83. The summed E-state index contributed by atoms with van der Waals surface area (Å²) < 4.78 is 4.67. The zero-order valence-electron chi connectivity index (χ0n) is 4.48. The summed E-state index contributed by atoms with van der Waals surface area (Å²) in [5, 5.41) is 0. The number of hydrogen-bond donors (Lipinski definition) is 0. The molecule has 0 bridgehead atoms. The summed E-state index contributed by atoms with van der Waals surface area (Å²) in [6.07, 6.45) is 3.58. The van der Waals surface area contributed by atoms with Crippen molar-refractivity contribution in [3.63, 3.8) is 0 Å². The van der Waals surface area contributed by atoms with Crippen LogP contribution in [0.4, 0.5) is 0 Å². The summed E-state index contributed by atoms with van der Waals surface area (Å²) in [4.78, 5) is 0. The Bertz CT molecular complexity index is 52.0. The molecule has 0 aromatic heterocycles. The van der Waals surface area contributed by atoms with Crippen LogP contribution in [0, 0.1) is 0 Å². The molecule has 0 amide bonds. The van der Waals surface area contributed by atoms with Crippen LogP contribution in [0.15, 0.2) is 12.2 Å². The van der Waals surface area contributed by atoms with Crippen molar-refractivity contribution in [1.29, 1.82) is 0 Å². The van der Waals surface area contributed by atoms with Crippen molar-refractivity contribution < 1.29 is 4.74 Å². The van der Waals surface area contributed by atoms with Gasteiger partial charge in [0.05, 0.1) is 6.61 Å². The minimum Gasteiger partial charge on any atom is -0.381 e. The Morgan fingerprint density at radius 2 is 2.29 bits per heavy atom. The highest BCUT2D eigenvalue weighted by atomic mass is 16.5. The van der Waals surface area contributed by atoms with Crippen molar-refractivity contribution in [3.8, 4) is 0 Å². The lowest BCUT2D eigenvalue weighted by Crippen LogP contribution is -1.82. The van der Waals surface area contributed by atoms with Gasteiger partial charge in [0.25, 0.3) is 0 Å². The summed E-state index contributed by atoms with van der Waals surface area (Å²) >= 11 is 0. The lowest BCUT2D eigenvalue weighted by atomic mass is 10.5. The molecule has 2 nitrogen and oxygen atoms in total. The Balaban J connectivity index is 2.78. The van der Waals surface area contributed by atoms with Crippen LogP contribution in [-0.4, -0.2) is 20.3 Å². The average molecular weight is 100 g/mol. The second kappa shape index (κ2) is 5.66. The maximum Gasteiger partial charge on any atom is 0.0644 e. The second-order valence-corrected chi connectivity index (χ2v) is 1.13. The fourth-order valence-corrected chi connectivity index (χ4v) is 0.248. The summed E-state index contributed by atoms with van der Waals surface area (Å²) in [5.41, 5.74) is 6.64. The molecule has 41 valence electrons. The van der Waals surface area contributed by atoms with Crippen molar-refractivity contribution in [3.05, 3.63) is 12.2 Å². The summed E-state index contributed by atoms with van der Waals surface area (Å²) in [6.45, 7) is 0.974. The van der Waals surface area contributed by atoms with Crippen LogP contribution in [0.3, 0.4) is 0 Å². The number of methoxy groups -OCH3 is 1. The third-order valence-corrected chi connectivity index (χ3v) is 0.547. The van der Waals surface area contributed by atoms with Gasteiger partial charge in [-0.2, -0.15) is 0 Å². The highest BCUT2D eigenvalue weighted by Crippen LogP contribution is 1.69. The molecule has 0 spiro atoms. The predicted octanol–water partition coefficient (Wildman–Crippen LogP) is 0.472. The van der Waals surface area contributed by atoms with Crippen molar-refractivity contribution in [2.75, 3.05) is 20.3 Å². The minimum absolute atomic E-state index is 0.351. The number of nitrogens with one attached hydrogen (secondary N) is 1. The zero-order chi connectivity index (χ0) is 5.54. The number of rotatable bonds is 3. The molecule has 0 aliphatic rings. The Morgan fingerprint density at radius 1 is 1.57 bits per heavy atom. The molecule has 1 N–H and O–H groups in total. The molecule has 0 saturated heterocycles. The highest BCUT2D eigenvalue weighted by Gasteiger charge is 1.66. The fourth-order valence-electron chi connectivity index (χ4n) is 0.248. The van der Waals surface area contributed by atoms with E-state index in [1.165, 1.54) is 0 Å². The van der Waals surface area contributed by atoms with E-state index in [-0.39, 0.29) is 0 Å². The van der Waals surface area contributed by atoms with E-state index in [9.17, 15) is 0 Å². The lowest BCUT2D eigenvalue weighted by molar-refractivity contribution is 0.233. The molecule has 0 rings (SSSR count). The molecule has 0 aliphatic heterocycles. The van der Waals surface area contributed by atoms with E-state index in [1.54, 1.807) is 13.2 Å². The first-order chi connectivity index (χ1) is 3.41. The van der Waals surface area contributed by atoms with Gasteiger partial charge in [0.1, 0.15) is 0 Å². The molecule has 0 aromatic rings. The first kappa shape index (κ1) is 6.66. The van der Waals surface area contributed by atoms with E-state index in [4.69, 9.17) is 5.73 Å². The normalized spacial score (nSPS) is 10.6. The van der Waals surface area contributed by atoms with E-state index < -0.39 is 0 Å². The molecule has 0 saturated carbocycles. The molecular formula is C5H10NO.